The maximum Gasteiger partial charge on any atom is 0.253 e. The third-order valence-electron chi connectivity index (χ3n) is 3.41. The van der Waals surface area contributed by atoms with Crippen LogP contribution < -0.4 is 5.73 Å². The van der Waals surface area contributed by atoms with Crippen molar-refractivity contribution < 1.29 is 9.53 Å². The van der Waals surface area contributed by atoms with Crippen LogP contribution in [0, 0.1) is 6.92 Å². The molecule has 0 atom stereocenters. The van der Waals surface area contributed by atoms with E-state index in [1.807, 2.05) is 24.0 Å². The summed E-state index contributed by atoms with van der Waals surface area (Å²) in [5.74, 6) is 0.0694. The Balaban J connectivity index is 2.07. The Kier molecular flexibility index (Phi) is 3.87. The number of nitrogens with zero attached hydrogens (tertiary/aromatic N) is 1. The van der Waals surface area contributed by atoms with Crippen LogP contribution in [-0.2, 0) is 4.74 Å². The molecule has 1 aliphatic rings. The summed E-state index contributed by atoms with van der Waals surface area (Å²) in [6.45, 7) is 3.46. The first-order chi connectivity index (χ1) is 8.60. The molecule has 0 aromatic heterocycles. The summed E-state index contributed by atoms with van der Waals surface area (Å²) >= 11 is 0. The van der Waals surface area contributed by atoms with Gasteiger partial charge in [-0.2, -0.15) is 0 Å². The third kappa shape index (κ3) is 2.82. The van der Waals surface area contributed by atoms with Gasteiger partial charge in [0, 0.05) is 31.5 Å². The number of nitrogen functional groups attached to an aromatic ring is 1. The van der Waals surface area contributed by atoms with E-state index in [9.17, 15) is 4.79 Å². The number of carbonyl (C=O) groups is 1. The molecule has 98 valence electrons. The number of anilines is 1. The van der Waals surface area contributed by atoms with E-state index in [4.69, 9.17) is 10.5 Å². The molecular formula is C14H20N2O2. The fourth-order valence-electron chi connectivity index (χ4n) is 2.41. The van der Waals surface area contributed by atoms with E-state index in [-0.39, 0.29) is 12.0 Å². The Hall–Kier alpha value is -1.55. The van der Waals surface area contributed by atoms with Gasteiger partial charge in [-0.15, -0.1) is 0 Å². The molecule has 2 N–H and O–H groups in total. The molecule has 1 heterocycles. The first-order valence-corrected chi connectivity index (χ1v) is 6.29. The topological polar surface area (TPSA) is 55.6 Å². The van der Waals surface area contributed by atoms with Crippen molar-refractivity contribution in [3.63, 3.8) is 0 Å². The number of ether oxygens (including phenoxy) is 1. The van der Waals surface area contributed by atoms with Crippen molar-refractivity contribution in [3.8, 4) is 0 Å². The minimum atomic E-state index is 0.0694. The average molecular weight is 248 g/mol. The van der Waals surface area contributed by atoms with Gasteiger partial charge < -0.3 is 15.4 Å². The van der Waals surface area contributed by atoms with Crippen LogP contribution in [-0.4, -0.2) is 37.1 Å². The summed E-state index contributed by atoms with van der Waals surface area (Å²) in [6, 6.07) is 5.51. The maximum absolute atomic E-state index is 12.3. The molecule has 4 heteroatoms. The number of likely N-dealkylation sites (tertiary alicyclic amines) is 1. The lowest BCUT2D eigenvalue weighted by atomic mass is 10.0. The van der Waals surface area contributed by atoms with Gasteiger partial charge >= 0.3 is 0 Å². The van der Waals surface area contributed by atoms with Crippen LogP contribution in [0.5, 0.6) is 0 Å². The van der Waals surface area contributed by atoms with Crippen LogP contribution in [0.15, 0.2) is 18.2 Å². The molecular weight excluding hydrogens is 228 g/mol. The van der Waals surface area contributed by atoms with Crippen LogP contribution in [0.3, 0.4) is 0 Å². The second-order valence-electron chi connectivity index (χ2n) is 4.86. The first kappa shape index (κ1) is 12.9. The average Bonchev–Trinajstić information content (AvgIpc) is 2.37. The SMILES string of the molecule is COC1CCN(C(=O)c2cc(C)cc(N)c2)CC1. The van der Waals surface area contributed by atoms with Crippen molar-refractivity contribution >= 4 is 11.6 Å². The Bertz CT molecular complexity index is 417. The van der Waals surface area contributed by atoms with Crippen LogP contribution in [0.1, 0.15) is 28.8 Å². The van der Waals surface area contributed by atoms with Crippen LogP contribution >= 0.6 is 0 Å². The second kappa shape index (κ2) is 5.40. The fraction of sp³-hybridized carbons (Fsp3) is 0.500. The van der Waals surface area contributed by atoms with E-state index >= 15 is 0 Å². The van der Waals surface area contributed by atoms with E-state index in [2.05, 4.69) is 0 Å². The van der Waals surface area contributed by atoms with E-state index in [0.717, 1.165) is 31.5 Å². The molecule has 0 saturated carbocycles. The zero-order valence-electron chi connectivity index (χ0n) is 11.0. The molecule has 18 heavy (non-hydrogen) atoms. The van der Waals surface area contributed by atoms with E-state index < -0.39 is 0 Å². The van der Waals surface area contributed by atoms with Crippen LogP contribution in [0.25, 0.3) is 0 Å². The minimum Gasteiger partial charge on any atom is -0.399 e. The summed E-state index contributed by atoms with van der Waals surface area (Å²) < 4.78 is 5.31. The Morgan fingerprint density at radius 3 is 2.56 bits per heavy atom. The van der Waals surface area contributed by atoms with Crippen molar-refractivity contribution in [1.82, 2.24) is 4.90 Å². The van der Waals surface area contributed by atoms with E-state index in [1.165, 1.54) is 0 Å². The molecule has 0 radical (unpaired) electrons. The minimum absolute atomic E-state index is 0.0694. The van der Waals surface area contributed by atoms with Crippen molar-refractivity contribution in [1.29, 1.82) is 0 Å². The number of methoxy groups -OCH3 is 1. The van der Waals surface area contributed by atoms with E-state index in [0.29, 0.717) is 11.3 Å². The number of hydrogen-bond acceptors (Lipinski definition) is 3. The van der Waals surface area contributed by atoms with Crippen molar-refractivity contribution in [3.05, 3.63) is 29.3 Å². The highest BCUT2D eigenvalue weighted by Crippen LogP contribution is 2.18. The standard InChI is InChI=1S/C14H20N2O2/c1-10-7-11(9-12(15)8-10)14(17)16-5-3-13(18-2)4-6-16/h7-9,13H,3-6,15H2,1-2H3. The van der Waals surface area contributed by atoms with Crippen molar-refractivity contribution in [2.24, 2.45) is 0 Å². The van der Waals surface area contributed by atoms with Gasteiger partial charge in [0.05, 0.1) is 6.10 Å². The maximum atomic E-state index is 12.3. The fourth-order valence-corrected chi connectivity index (χ4v) is 2.41. The number of benzene rings is 1. The zero-order valence-corrected chi connectivity index (χ0v) is 11.0. The molecule has 1 aromatic rings. The van der Waals surface area contributed by atoms with Gasteiger partial charge in [0.25, 0.3) is 5.91 Å². The van der Waals surface area contributed by atoms with Gasteiger partial charge in [-0.1, -0.05) is 0 Å². The van der Waals surface area contributed by atoms with Crippen molar-refractivity contribution in [2.75, 3.05) is 25.9 Å². The van der Waals surface area contributed by atoms with Gasteiger partial charge in [0.1, 0.15) is 0 Å². The quantitative estimate of drug-likeness (QED) is 0.812. The molecule has 0 bridgehead atoms. The van der Waals surface area contributed by atoms with Crippen molar-refractivity contribution in [2.45, 2.75) is 25.9 Å². The molecule has 1 saturated heterocycles. The van der Waals surface area contributed by atoms with Crippen LogP contribution in [0.4, 0.5) is 5.69 Å². The number of aryl methyl sites for hydroxylation is 1. The van der Waals surface area contributed by atoms with E-state index in [1.54, 1.807) is 13.2 Å². The highest BCUT2D eigenvalue weighted by molar-refractivity contribution is 5.95. The number of hydrogen-bond donors (Lipinski definition) is 1. The molecule has 2 rings (SSSR count). The van der Waals surface area contributed by atoms with Gasteiger partial charge in [-0.3, -0.25) is 4.79 Å². The van der Waals surface area contributed by atoms with Gasteiger partial charge in [0.15, 0.2) is 0 Å². The normalized spacial score (nSPS) is 16.9. The number of amides is 1. The molecule has 1 aromatic carbocycles. The molecule has 4 nitrogen and oxygen atoms in total. The Morgan fingerprint density at radius 2 is 2.00 bits per heavy atom. The largest absolute Gasteiger partial charge is 0.399 e. The van der Waals surface area contributed by atoms with Gasteiger partial charge in [0.2, 0.25) is 0 Å². The number of nitrogens with two attached hydrogens (primary N) is 1. The smallest absolute Gasteiger partial charge is 0.253 e. The lowest BCUT2D eigenvalue weighted by molar-refractivity contribution is 0.0351. The molecule has 0 spiro atoms. The number of piperidine rings is 1. The van der Waals surface area contributed by atoms with Gasteiger partial charge in [-0.05, 0) is 43.5 Å². The van der Waals surface area contributed by atoms with Gasteiger partial charge in [-0.25, -0.2) is 0 Å². The summed E-state index contributed by atoms with van der Waals surface area (Å²) in [7, 11) is 1.73. The Morgan fingerprint density at radius 1 is 1.33 bits per heavy atom. The highest BCUT2D eigenvalue weighted by Gasteiger charge is 2.23. The number of rotatable bonds is 2. The molecule has 0 unspecified atom stereocenters. The molecule has 1 aliphatic heterocycles. The second-order valence-corrected chi connectivity index (χ2v) is 4.86. The molecule has 0 aliphatic carbocycles. The zero-order chi connectivity index (χ0) is 13.1. The monoisotopic (exact) mass is 248 g/mol. The highest BCUT2D eigenvalue weighted by atomic mass is 16.5. The molecule has 1 fully saturated rings. The lowest BCUT2D eigenvalue weighted by Crippen LogP contribution is -2.40. The number of carbonyl (C=O) groups excluding carboxylic acids is 1. The summed E-state index contributed by atoms with van der Waals surface area (Å²) in [6.07, 6.45) is 2.10. The summed E-state index contributed by atoms with van der Waals surface area (Å²) in [5.41, 5.74) is 8.13. The summed E-state index contributed by atoms with van der Waals surface area (Å²) in [4.78, 5) is 14.2. The molecule has 1 amide bonds. The predicted molar refractivity (Wildman–Crippen MR) is 71.5 cm³/mol. The predicted octanol–water partition coefficient (Wildman–Crippen LogP) is 1.83. The third-order valence-corrected chi connectivity index (χ3v) is 3.41. The lowest BCUT2D eigenvalue weighted by Gasteiger charge is -2.31. The summed E-state index contributed by atoms with van der Waals surface area (Å²) in [5, 5.41) is 0. The first-order valence-electron chi connectivity index (χ1n) is 6.29. The Labute approximate surface area is 108 Å². The van der Waals surface area contributed by atoms with Crippen LogP contribution in [0.2, 0.25) is 0 Å².